The monoisotopic (exact) mass is 258 g/mol. The number of methoxy groups -OCH3 is 1. The predicted octanol–water partition coefficient (Wildman–Crippen LogP) is 3.63. The fourth-order valence-corrected chi connectivity index (χ4v) is 2.12. The number of ether oxygens (including phenoxy) is 1. The second kappa shape index (κ2) is 6.02. The Morgan fingerprint density at radius 1 is 1.26 bits per heavy atom. The Hall–Kier alpha value is -1.61. The topological polar surface area (TPSA) is 34.1 Å². The molecule has 0 spiro atoms. The van der Waals surface area contributed by atoms with E-state index < -0.39 is 0 Å². The fraction of sp³-hybridized carbons (Fsp3) is 0.438. The highest BCUT2D eigenvalue weighted by molar-refractivity contribution is 5.81. The molecular weight excluding hydrogens is 236 g/mol. The Labute approximate surface area is 115 Å². The van der Waals surface area contributed by atoms with Crippen LogP contribution in [0.5, 0.6) is 0 Å². The molecule has 1 aromatic carbocycles. The van der Waals surface area contributed by atoms with E-state index in [0.717, 1.165) is 11.3 Å². The molecule has 2 aromatic rings. The van der Waals surface area contributed by atoms with Crippen LogP contribution in [0.1, 0.15) is 19.4 Å². The molecule has 0 saturated heterocycles. The number of hydrogen-bond acceptors (Lipinski definition) is 3. The van der Waals surface area contributed by atoms with E-state index in [4.69, 9.17) is 9.72 Å². The standard InChI is InChI=1S/C16H22N2O/c1-11(2)15(10-19-4)18-16-12(3)9-13-7-5-6-8-14(13)17-16/h5-9,11,15H,10H2,1-4H3,(H,17,18). The summed E-state index contributed by atoms with van der Waals surface area (Å²) in [7, 11) is 1.73. The molecule has 0 saturated carbocycles. The lowest BCUT2D eigenvalue weighted by Gasteiger charge is -2.23. The van der Waals surface area contributed by atoms with Gasteiger partial charge in [-0.1, -0.05) is 32.0 Å². The van der Waals surface area contributed by atoms with Crippen LogP contribution >= 0.6 is 0 Å². The number of hydrogen-bond donors (Lipinski definition) is 1. The van der Waals surface area contributed by atoms with Gasteiger partial charge in [0.1, 0.15) is 5.82 Å². The van der Waals surface area contributed by atoms with Crippen molar-refractivity contribution in [3.8, 4) is 0 Å². The molecule has 1 unspecified atom stereocenters. The van der Waals surface area contributed by atoms with Gasteiger partial charge in [0.25, 0.3) is 0 Å². The number of aromatic nitrogens is 1. The zero-order valence-corrected chi connectivity index (χ0v) is 12.1. The minimum absolute atomic E-state index is 0.275. The minimum Gasteiger partial charge on any atom is -0.383 e. The molecule has 0 fully saturated rings. The largest absolute Gasteiger partial charge is 0.383 e. The Morgan fingerprint density at radius 3 is 2.68 bits per heavy atom. The predicted molar refractivity (Wildman–Crippen MR) is 80.6 cm³/mol. The molecule has 0 amide bonds. The average molecular weight is 258 g/mol. The van der Waals surface area contributed by atoms with Gasteiger partial charge in [-0.3, -0.25) is 0 Å². The van der Waals surface area contributed by atoms with Crippen LogP contribution in [0.4, 0.5) is 5.82 Å². The van der Waals surface area contributed by atoms with E-state index in [0.29, 0.717) is 12.5 Å². The maximum Gasteiger partial charge on any atom is 0.129 e. The van der Waals surface area contributed by atoms with Crippen LogP contribution in [0.2, 0.25) is 0 Å². The molecule has 1 heterocycles. The van der Waals surface area contributed by atoms with Crippen LogP contribution < -0.4 is 5.32 Å². The lowest BCUT2D eigenvalue weighted by atomic mass is 10.0. The number of fused-ring (bicyclic) bond motifs is 1. The van der Waals surface area contributed by atoms with E-state index in [9.17, 15) is 0 Å². The molecule has 0 aliphatic rings. The Morgan fingerprint density at radius 2 is 2.00 bits per heavy atom. The average Bonchev–Trinajstić information content (AvgIpc) is 2.38. The zero-order chi connectivity index (χ0) is 13.8. The molecule has 1 aromatic heterocycles. The highest BCUT2D eigenvalue weighted by Gasteiger charge is 2.14. The number of nitrogens with zero attached hydrogens (tertiary/aromatic N) is 1. The quantitative estimate of drug-likeness (QED) is 0.889. The second-order valence-corrected chi connectivity index (χ2v) is 5.30. The normalized spacial score (nSPS) is 12.9. The maximum absolute atomic E-state index is 5.27. The van der Waals surface area contributed by atoms with Crippen molar-refractivity contribution in [2.75, 3.05) is 19.0 Å². The number of aryl methyl sites for hydroxylation is 1. The van der Waals surface area contributed by atoms with Gasteiger partial charge in [0, 0.05) is 12.5 Å². The summed E-state index contributed by atoms with van der Waals surface area (Å²) in [5, 5.41) is 4.68. The van der Waals surface area contributed by atoms with Gasteiger partial charge in [-0.05, 0) is 30.5 Å². The molecule has 0 aliphatic heterocycles. The third kappa shape index (κ3) is 3.24. The number of anilines is 1. The Balaban J connectivity index is 2.31. The minimum atomic E-state index is 0.275. The van der Waals surface area contributed by atoms with Gasteiger partial charge < -0.3 is 10.1 Å². The zero-order valence-electron chi connectivity index (χ0n) is 12.1. The summed E-state index contributed by atoms with van der Waals surface area (Å²) in [6, 6.07) is 10.6. The first-order valence-corrected chi connectivity index (χ1v) is 6.73. The first-order valence-electron chi connectivity index (χ1n) is 6.73. The van der Waals surface area contributed by atoms with Crippen molar-refractivity contribution in [3.63, 3.8) is 0 Å². The number of pyridine rings is 1. The third-order valence-electron chi connectivity index (χ3n) is 3.39. The Bertz CT molecular complexity index is 551. The molecular formula is C16H22N2O. The van der Waals surface area contributed by atoms with Crippen molar-refractivity contribution in [1.82, 2.24) is 4.98 Å². The highest BCUT2D eigenvalue weighted by Crippen LogP contribution is 2.21. The second-order valence-electron chi connectivity index (χ2n) is 5.30. The molecule has 2 rings (SSSR count). The van der Waals surface area contributed by atoms with Gasteiger partial charge in [0.2, 0.25) is 0 Å². The van der Waals surface area contributed by atoms with Crippen molar-refractivity contribution < 1.29 is 4.74 Å². The van der Waals surface area contributed by atoms with E-state index in [1.807, 2.05) is 18.2 Å². The van der Waals surface area contributed by atoms with Crippen LogP contribution in [0.25, 0.3) is 10.9 Å². The van der Waals surface area contributed by atoms with Gasteiger partial charge in [-0.2, -0.15) is 0 Å². The van der Waals surface area contributed by atoms with Gasteiger partial charge >= 0.3 is 0 Å². The van der Waals surface area contributed by atoms with Crippen molar-refractivity contribution in [1.29, 1.82) is 0 Å². The van der Waals surface area contributed by atoms with E-state index in [-0.39, 0.29) is 6.04 Å². The number of nitrogens with one attached hydrogen (secondary N) is 1. The van der Waals surface area contributed by atoms with Crippen molar-refractivity contribution in [3.05, 3.63) is 35.9 Å². The van der Waals surface area contributed by atoms with E-state index in [1.165, 1.54) is 10.9 Å². The molecule has 0 radical (unpaired) electrons. The summed E-state index contributed by atoms with van der Waals surface area (Å²) in [5.74, 6) is 1.45. The summed E-state index contributed by atoms with van der Waals surface area (Å²) < 4.78 is 5.27. The van der Waals surface area contributed by atoms with Gasteiger partial charge in [-0.25, -0.2) is 4.98 Å². The summed E-state index contributed by atoms with van der Waals surface area (Å²) >= 11 is 0. The molecule has 1 atom stereocenters. The Kier molecular flexibility index (Phi) is 4.38. The highest BCUT2D eigenvalue weighted by atomic mass is 16.5. The smallest absolute Gasteiger partial charge is 0.129 e. The van der Waals surface area contributed by atoms with Crippen LogP contribution in [0, 0.1) is 12.8 Å². The number of rotatable bonds is 5. The van der Waals surface area contributed by atoms with Crippen LogP contribution in [-0.4, -0.2) is 24.7 Å². The van der Waals surface area contributed by atoms with Crippen molar-refractivity contribution >= 4 is 16.7 Å². The lowest BCUT2D eigenvalue weighted by Crippen LogP contribution is -2.31. The number of para-hydroxylation sites is 1. The summed E-state index contributed by atoms with van der Waals surface area (Å²) in [4.78, 5) is 4.71. The molecule has 102 valence electrons. The first-order chi connectivity index (χ1) is 9.11. The molecule has 0 bridgehead atoms. The molecule has 19 heavy (non-hydrogen) atoms. The SMILES string of the molecule is COCC(Nc1nc2ccccc2cc1C)C(C)C. The van der Waals surface area contributed by atoms with E-state index in [2.05, 4.69) is 38.2 Å². The van der Waals surface area contributed by atoms with Crippen LogP contribution in [0.3, 0.4) is 0 Å². The van der Waals surface area contributed by atoms with Gasteiger partial charge in [-0.15, -0.1) is 0 Å². The fourth-order valence-electron chi connectivity index (χ4n) is 2.12. The summed E-state index contributed by atoms with van der Waals surface area (Å²) in [5.41, 5.74) is 2.19. The van der Waals surface area contributed by atoms with Crippen LogP contribution in [-0.2, 0) is 4.74 Å². The first kappa shape index (κ1) is 13.8. The third-order valence-corrected chi connectivity index (χ3v) is 3.39. The lowest BCUT2D eigenvalue weighted by molar-refractivity contribution is 0.171. The van der Waals surface area contributed by atoms with E-state index >= 15 is 0 Å². The van der Waals surface area contributed by atoms with Crippen LogP contribution in [0.15, 0.2) is 30.3 Å². The summed E-state index contributed by atoms with van der Waals surface area (Å²) in [6.45, 7) is 7.15. The molecule has 3 nitrogen and oxygen atoms in total. The molecule has 3 heteroatoms. The summed E-state index contributed by atoms with van der Waals surface area (Å²) in [6.07, 6.45) is 0. The van der Waals surface area contributed by atoms with Crippen molar-refractivity contribution in [2.24, 2.45) is 5.92 Å². The number of benzene rings is 1. The maximum atomic E-state index is 5.27. The molecule has 0 aliphatic carbocycles. The van der Waals surface area contributed by atoms with E-state index in [1.54, 1.807) is 7.11 Å². The van der Waals surface area contributed by atoms with Crippen molar-refractivity contribution in [2.45, 2.75) is 26.8 Å². The van der Waals surface area contributed by atoms with Gasteiger partial charge in [0.15, 0.2) is 0 Å². The van der Waals surface area contributed by atoms with Gasteiger partial charge in [0.05, 0.1) is 18.2 Å². The molecule has 1 N–H and O–H groups in total.